The Balaban J connectivity index is 0.991. The summed E-state index contributed by atoms with van der Waals surface area (Å²) in [5.74, 6) is 2.06. The number of methoxy groups -OCH3 is 1. The van der Waals surface area contributed by atoms with Crippen LogP contribution >= 0.6 is 0 Å². The van der Waals surface area contributed by atoms with Crippen molar-refractivity contribution in [3.05, 3.63) is 70.8 Å². The maximum absolute atomic E-state index is 6.32. The zero-order valence-electron chi connectivity index (χ0n) is 23.5. The fraction of sp³-hybridized carbons (Fsp3) is 0.438. The van der Waals surface area contributed by atoms with Crippen LogP contribution in [0.1, 0.15) is 47.9 Å². The van der Waals surface area contributed by atoms with E-state index in [-0.39, 0.29) is 5.95 Å². The molecule has 41 heavy (non-hydrogen) atoms. The van der Waals surface area contributed by atoms with Gasteiger partial charge in [-0.2, -0.15) is 9.67 Å². The second kappa shape index (κ2) is 9.92. The van der Waals surface area contributed by atoms with Crippen molar-refractivity contribution < 1.29 is 4.74 Å². The lowest BCUT2D eigenvalue weighted by atomic mass is 9.82. The molecule has 0 amide bonds. The van der Waals surface area contributed by atoms with E-state index in [1.54, 1.807) is 4.68 Å². The van der Waals surface area contributed by atoms with Crippen LogP contribution < -0.4 is 11.1 Å². The van der Waals surface area contributed by atoms with Crippen molar-refractivity contribution in [3.63, 3.8) is 0 Å². The monoisotopic (exact) mass is 548 g/mol. The maximum atomic E-state index is 6.32. The van der Waals surface area contributed by atoms with Crippen LogP contribution in [0.3, 0.4) is 0 Å². The molecule has 9 heteroatoms. The lowest BCUT2D eigenvalue weighted by Gasteiger charge is -2.38. The largest absolute Gasteiger partial charge is 0.379 e. The molecule has 4 atom stereocenters. The zero-order valence-corrected chi connectivity index (χ0v) is 23.5. The number of hydrogen-bond acceptors (Lipinski definition) is 8. The lowest BCUT2D eigenvalue weighted by molar-refractivity contribution is -0.0234. The van der Waals surface area contributed by atoms with E-state index in [1.165, 1.54) is 48.1 Å². The number of nitrogens with one attached hydrogen (secondary N) is 1. The van der Waals surface area contributed by atoms with E-state index >= 15 is 0 Å². The Hall–Kier alpha value is -3.82. The molecule has 2 saturated heterocycles. The van der Waals surface area contributed by atoms with Crippen LogP contribution in [0.5, 0.6) is 0 Å². The van der Waals surface area contributed by atoms with Gasteiger partial charge < -0.3 is 15.8 Å². The first-order valence-electron chi connectivity index (χ1n) is 15.0. The number of nitrogens with zero attached hydrogens (tertiary/aromatic N) is 6. The Bertz CT molecular complexity index is 1620. The Morgan fingerprint density at radius 1 is 0.927 bits per heavy atom. The summed E-state index contributed by atoms with van der Waals surface area (Å²) in [7, 11) is 1.87. The second-order valence-electron chi connectivity index (χ2n) is 12.1. The van der Waals surface area contributed by atoms with Gasteiger partial charge in [0.25, 0.3) is 0 Å². The van der Waals surface area contributed by atoms with Crippen molar-refractivity contribution in [2.45, 2.75) is 69.6 Å². The number of hydrogen-bond donors (Lipinski definition) is 2. The molecule has 1 saturated carbocycles. The Kier molecular flexibility index (Phi) is 6.03. The van der Waals surface area contributed by atoms with Gasteiger partial charge in [0.2, 0.25) is 11.9 Å². The molecule has 2 aromatic carbocycles. The third-order valence-electron chi connectivity index (χ3n) is 9.83. The van der Waals surface area contributed by atoms with E-state index in [9.17, 15) is 0 Å². The molecular formula is C32H36N8O. The van der Waals surface area contributed by atoms with Gasteiger partial charge in [0, 0.05) is 42.9 Å². The van der Waals surface area contributed by atoms with Gasteiger partial charge in [0.1, 0.15) is 0 Å². The van der Waals surface area contributed by atoms with Gasteiger partial charge in [-0.3, -0.25) is 4.90 Å². The molecule has 4 aromatic rings. The Morgan fingerprint density at radius 3 is 2.66 bits per heavy atom. The minimum absolute atomic E-state index is 0.284. The highest BCUT2D eigenvalue weighted by molar-refractivity contribution is 5.68. The molecule has 4 unspecified atom stereocenters. The number of nitrogen functional groups attached to an aromatic ring is 1. The van der Waals surface area contributed by atoms with Crippen LogP contribution in [0.4, 0.5) is 17.6 Å². The van der Waals surface area contributed by atoms with Crippen LogP contribution in [0, 0.1) is 5.92 Å². The molecule has 4 heterocycles. The van der Waals surface area contributed by atoms with E-state index in [2.05, 4.69) is 79.0 Å². The number of anilines is 3. The first-order valence-corrected chi connectivity index (χ1v) is 15.0. The topological polar surface area (TPSA) is 107 Å². The molecule has 3 aliphatic carbocycles. The first-order chi connectivity index (χ1) is 20.1. The zero-order chi connectivity index (χ0) is 27.5. The van der Waals surface area contributed by atoms with E-state index in [1.807, 2.05) is 7.11 Å². The fourth-order valence-corrected chi connectivity index (χ4v) is 7.73. The lowest BCUT2D eigenvalue weighted by Crippen LogP contribution is -2.47. The highest BCUT2D eigenvalue weighted by Crippen LogP contribution is 2.45. The highest BCUT2D eigenvalue weighted by atomic mass is 16.5. The number of fused-ring (bicyclic) bond motifs is 5. The van der Waals surface area contributed by atoms with Gasteiger partial charge in [-0.25, -0.2) is 0 Å². The van der Waals surface area contributed by atoms with Gasteiger partial charge in [-0.15, -0.1) is 15.3 Å². The summed E-state index contributed by atoms with van der Waals surface area (Å²) >= 11 is 0. The van der Waals surface area contributed by atoms with Gasteiger partial charge in [-0.05, 0) is 91.8 Å². The van der Waals surface area contributed by atoms with Gasteiger partial charge >= 0.3 is 0 Å². The minimum Gasteiger partial charge on any atom is -0.379 e. The number of nitrogens with two attached hydrogens (primary N) is 1. The highest BCUT2D eigenvalue weighted by Gasteiger charge is 2.53. The van der Waals surface area contributed by atoms with Gasteiger partial charge in [-0.1, -0.05) is 30.3 Å². The number of rotatable bonds is 5. The summed E-state index contributed by atoms with van der Waals surface area (Å²) in [5, 5.41) is 17.2. The van der Waals surface area contributed by atoms with Crippen molar-refractivity contribution in [2.24, 2.45) is 5.92 Å². The summed E-state index contributed by atoms with van der Waals surface area (Å²) in [4.78, 5) is 7.25. The molecule has 9 nitrogen and oxygen atoms in total. The van der Waals surface area contributed by atoms with Crippen LogP contribution in [-0.2, 0) is 30.4 Å². The molecule has 2 aromatic heterocycles. The van der Waals surface area contributed by atoms with E-state index in [0.29, 0.717) is 30.0 Å². The number of aryl methyl sites for hydroxylation is 4. The predicted molar refractivity (Wildman–Crippen MR) is 158 cm³/mol. The standard InChI is InChI=1S/C32H36N8O/c1-41-30-23-16-27(30)39(18-23)25-13-10-19-9-12-24(15-21(19)11-14-25)34-32-35-31(33)40(38-32)28-17-22-7-4-6-20-5-2-3-8-26(20)29(22)37-36-28/h2-3,5,8-9,12,15,17,23,25,27,30H,4,6-7,10-11,13-14,16,18H2,1H3,(H3,33,34,35,38). The molecule has 2 bridgehead atoms. The molecule has 3 N–H and O–H groups in total. The summed E-state index contributed by atoms with van der Waals surface area (Å²) in [6.45, 7) is 1.20. The number of benzene rings is 2. The van der Waals surface area contributed by atoms with Gasteiger partial charge in [0.05, 0.1) is 11.8 Å². The molecule has 3 fully saturated rings. The fourth-order valence-electron chi connectivity index (χ4n) is 7.73. The first kappa shape index (κ1) is 24.9. The van der Waals surface area contributed by atoms with E-state index in [0.717, 1.165) is 55.0 Å². The molecule has 5 aliphatic rings. The summed E-state index contributed by atoms with van der Waals surface area (Å²) in [6.07, 6.45) is 9.41. The molecule has 0 radical (unpaired) electrons. The van der Waals surface area contributed by atoms with Gasteiger partial charge in [0.15, 0.2) is 5.82 Å². The van der Waals surface area contributed by atoms with Crippen molar-refractivity contribution in [1.82, 2.24) is 29.9 Å². The Labute approximate surface area is 240 Å². The maximum Gasteiger partial charge on any atom is 0.248 e. The van der Waals surface area contributed by atoms with Crippen molar-refractivity contribution in [2.75, 3.05) is 24.7 Å². The predicted octanol–water partition coefficient (Wildman–Crippen LogP) is 4.51. The second-order valence-corrected chi connectivity index (χ2v) is 12.1. The smallest absolute Gasteiger partial charge is 0.248 e. The number of aromatic nitrogens is 5. The van der Waals surface area contributed by atoms with Crippen molar-refractivity contribution in [3.8, 4) is 17.1 Å². The van der Waals surface area contributed by atoms with Crippen LogP contribution in [-0.4, -0.2) is 61.7 Å². The van der Waals surface area contributed by atoms with Crippen LogP contribution in [0.25, 0.3) is 17.1 Å². The van der Waals surface area contributed by atoms with Crippen LogP contribution in [0.2, 0.25) is 0 Å². The molecular weight excluding hydrogens is 512 g/mol. The van der Waals surface area contributed by atoms with Crippen molar-refractivity contribution >= 4 is 17.6 Å². The summed E-state index contributed by atoms with van der Waals surface area (Å²) < 4.78 is 7.34. The third-order valence-corrected chi connectivity index (χ3v) is 9.83. The molecule has 210 valence electrons. The summed E-state index contributed by atoms with van der Waals surface area (Å²) in [5.41, 5.74) is 14.8. The van der Waals surface area contributed by atoms with Crippen molar-refractivity contribution in [1.29, 1.82) is 0 Å². The number of ether oxygens (including phenoxy) is 1. The third kappa shape index (κ3) is 4.30. The molecule has 9 rings (SSSR count). The van der Waals surface area contributed by atoms with E-state index < -0.39 is 0 Å². The normalized spacial score (nSPS) is 24.9. The average Bonchev–Trinajstić information content (AvgIpc) is 3.59. The quantitative estimate of drug-likeness (QED) is 0.351. The SMILES string of the molecule is COC1C2CC1N(C1CCc3ccc(Nc4nc(N)n(-c5cc6c(nn5)-c5ccccc5CCC6)n4)cc3CC1)C2. The summed E-state index contributed by atoms with van der Waals surface area (Å²) in [6, 6.07) is 18.4. The van der Waals surface area contributed by atoms with E-state index in [4.69, 9.17) is 10.5 Å². The average molecular weight is 549 g/mol. The van der Waals surface area contributed by atoms with Crippen LogP contribution in [0.15, 0.2) is 48.5 Å². The molecule has 0 spiro atoms. The minimum atomic E-state index is 0.284. The molecule has 2 aliphatic heterocycles. The Morgan fingerprint density at radius 2 is 1.78 bits per heavy atom.